The number of hydrogen-bond acceptors (Lipinski definition) is 4. The Morgan fingerprint density at radius 2 is 2.33 bits per heavy atom. The van der Waals surface area contributed by atoms with Crippen LogP contribution in [0.5, 0.6) is 0 Å². The van der Waals surface area contributed by atoms with Crippen molar-refractivity contribution < 1.29 is 9.90 Å². The zero-order valence-corrected chi connectivity index (χ0v) is 11.7. The fourth-order valence-corrected chi connectivity index (χ4v) is 1.74. The molecule has 1 aromatic heterocycles. The molecule has 108 valence electrons. The summed E-state index contributed by atoms with van der Waals surface area (Å²) in [5, 5.41) is 19.0. The summed E-state index contributed by atoms with van der Waals surface area (Å²) in [5.74, 6) is 5.62. The number of anilines is 1. The van der Waals surface area contributed by atoms with Crippen LogP contribution < -0.4 is 5.32 Å². The number of aliphatic hydroxyl groups excluding tert-OH is 1. The average Bonchev–Trinajstić information content (AvgIpc) is 2.95. The lowest BCUT2D eigenvalue weighted by atomic mass is 10.1. The monoisotopic (exact) mass is 284 g/mol. The van der Waals surface area contributed by atoms with Crippen molar-refractivity contribution in [2.24, 2.45) is 0 Å². The summed E-state index contributed by atoms with van der Waals surface area (Å²) in [4.78, 5) is 12.0. The Kier molecular flexibility index (Phi) is 5.07. The Labute approximate surface area is 122 Å². The maximum Gasteiger partial charge on any atom is 0.246 e. The molecule has 2 rings (SSSR count). The molecule has 0 aliphatic carbocycles. The Morgan fingerprint density at radius 1 is 1.48 bits per heavy atom. The molecule has 0 unspecified atom stereocenters. The summed E-state index contributed by atoms with van der Waals surface area (Å²) < 4.78 is 1.45. The molecule has 0 saturated heterocycles. The van der Waals surface area contributed by atoms with Crippen molar-refractivity contribution in [3.05, 3.63) is 41.7 Å². The van der Waals surface area contributed by atoms with E-state index in [1.807, 2.05) is 25.1 Å². The molecule has 0 fully saturated rings. The van der Waals surface area contributed by atoms with Gasteiger partial charge in [0.2, 0.25) is 5.91 Å². The van der Waals surface area contributed by atoms with Crippen LogP contribution in [0.15, 0.2) is 30.6 Å². The molecule has 0 spiro atoms. The van der Waals surface area contributed by atoms with Crippen molar-refractivity contribution >= 4 is 11.6 Å². The highest BCUT2D eigenvalue weighted by Crippen LogP contribution is 2.16. The maximum atomic E-state index is 12.0. The van der Waals surface area contributed by atoms with E-state index in [1.165, 1.54) is 10.9 Å². The molecule has 0 aliphatic rings. The summed E-state index contributed by atoms with van der Waals surface area (Å²) in [6.45, 7) is 2.07. The van der Waals surface area contributed by atoms with E-state index in [2.05, 4.69) is 27.5 Å². The summed E-state index contributed by atoms with van der Waals surface area (Å²) in [6, 6.07) is 5.62. The minimum Gasteiger partial charge on any atom is -0.395 e. The molecule has 0 aliphatic heterocycles. The van der Waals surface area contributed by atoms with Gasteiger partial charge in [0.15, 0.2) is 0 Å². The molecule has 2 aromatic rings. The lowest BCUT2D eigenvalue weighted by Gasteiger charge is -2.08. The highest BCUT2D eigenvalue weighted by molar-refractivity contribution is 5.92. The number of hydrogen-bond donors (Lipinski definition) is 2. The van der Waals surface area contributed by atoms with Gasteiger partial charge in [0.05, 0.1) is 18.5 Å². The van der Waals surface area contributed by atoms with Gasteiger partial charge in [0.1, 0.15) is 6.54 Å². The summed E-state index contributed by atoms with van der Waals surface area (Å²) in [6.07, 6.45) is 3.54. The van der Waals surface area contributed by atoms with Crippen LogP contribution >= 0.6 is 0 Å². The van der Waals surface area contributed by atoms with Crippen molar-refractivity contribution in [3.63, 3.8) is 0 Å². The molecule has 21 heavy (non-hydrogen) atoms. The quantitative estimate of drug-likeness (QED) is 0.820. The first-order valence-electron chi connectivity index (χ1n) is 6.53. The van der Waals surface area contributed by atoms with E-state index in [0.717, 1.165) is 11.1 Å². The van der Waals surface area contributed by atoms with E-state index in [-0.39, 0.29) is 19.1 Å². The number of benzene rings is 1. The van der Waals surface area contributed by atoms with Crippen LogP contribution in [0, 0.1) is 18.8 Å². The predicted octanol–water partition coefficient (Wildman–Crippen LogP) is 0.959. The number of carbonyl (C=O) groups excluding carboxylic acids is 1. The molecular formula is C15H16N4O2. The van der Waals surface area contributed by atoms with Crippen LogP contribution in [0.1, 0.15) is 17.5 Å². The van der Waals surface area contributed by atoms with E-state index < -0.39 is 0 Å². The molecule has 2 N–H and O–H groups in total. The molecule has 6 heteroatoms. The second kappa shape index (κ2) is 7.22. The largest absolute Gasteiger partial charge is 0.395 e. The van der Waals surface area contributed by atoms with Crippen LogP contribution in [-0.2, 0) is 11.3 Å². The fourth-order valence-electron chi connectivity index (χ4n) is 1.74. The molecule has 0 atom stereocenters. The van der Waals surface area contributed by atoms with Crippen LogP contribution in [0.3, 0.4) is 0 Å². The van der Waals surface area contributed by atoms with Crippen LogP contribution in [-0.4, -0.2) is 32.6 Å². The van der Waals surface area contributed by atoms with Gasteiger partial charge in [-0.2, -0.15) is 0 Å². The molecular weight excluding hydrogens is 268 g/mol. The van der Waals surface area contributed by atoms with Crippen molar-refractivity contribution in [1.82, 2.24) is 15.0 Å². The Morgan fingerprint density at radius 3 is 3.05 bits per heavy atom. The zero-order valence-electron chi connectivity index (χ0n) is 11.7. The summed E-state index contributed by atoms with van der Waals surface area (Å²) in [5.41, 5.74) is 2.43. The smallest absolute Gasteiger partial charge is 0.246 e. The van der Waals surface area contributed by atoms with Crippen LogP contribution in [0.4, 0.5) is 5.69 Å². The SMILES string of the molecule is Cc1ccc(NC(=O)Cn2ccnn2)c(C#CCCO)c1. The second-order valence-corrected chi connectivity index (χ2v) is 4.47. The maximum absolute atomic E-state index is 12.0. The number of nitrogens with one attached hydrogen (secondary N) is 1. The van der Waals surface area contributed by atoms with Crippen molar-refractivity contribution in [2.75, 3.05) is 11.9 Å². The minimum atomic E-state index is -0.199. The summed E-state index contributed by atoms with van der Waals surface area (Å²) >= 11 is 0. The van der Waals surface area contributed by atoms with E-state index in [1.54, 1.807) is 6.20 Å². The molecule has 6 nitrogen and oxygen atoms in total. The number of rotatable bonds is 4. The number of aryl methyl sites for hydroxylation is 1. The summed E-state index contributed by atoms with van der Waals surface area (Å²) in [7, 11) is 0. The van der Waals surface area contributed by atoms with Crippen LogP contribution in [0.2, 0.25) is 0 Å². The third kappa shape index (κ3) is 4.44. The standard InChI is InChI=1S/C15H16N4O2/c1-12-5-6-14(13(10-12)4-2-3-9-20)17-15(21)11-19-8-7-16-18-19/h5-8,10,20H,3,9,11H2,1H3,(H,17,21). The van der Waals surface area contributed by atoms with Crippen molar-refractivity contribution in [3.8, 4) is 11.8 Å². The van der Waals surface area contributed by atoms with Gasteiger partial charge >= 0.3 is 0 Å². The van der Waals surface area contributed by atoms with Gasteiger partial charge in [-0.05, 0) is 24.6 Å². The Hall–Kier alpha value is -2.65. The van der Waals surface area contributed by atoms with Gasteiger partial charge in [0.25, 0.3) is 0 Å². The topological polar surface area (TPSA) is 80.0 Å². The van der Waals surface area contributed by atoms with Crippen molar-refractivity contribution in [2.45, 2.75) is 19.9 Å². The normalized spacial score (nSPS) is 9.81. The zero-order chi connectivity index (χ0) is 15.1. The van der Waals surface area contributed by atoms with Gasteiger partial charge < -0.3 is 10.4 Å². The number of carbonyl (C=O) groups is 1. The van der Waals surface area contributed by atoms with Gasteiger partial charge in [0, 0.05) is 18.2 Å². The van der Waals surface area contributed by atoms with E-state index in [0.29, 0.717) is 12.1 Å². The minimum absolute atomic E-state index is 0.0206. The lowest BCUT2D eigenvalue weighted by molar-refractivity contribution is -0.116. The molecule has 1 amide bonds. The van der Waals surface area contributed by atoms with Gasteiger partial charge in [-0.3, -0.25) is 4.79 Å². The third-order valence-corrected chi connectivity index (χ3v) is 2.69. The molecule has 0 bridgehead atoms. The lowest BCUT2D eigenvalue weighted by Crippen LogP contribution is -2.19. The van der Waals surface area contributed by atoms with E-state index in [9.17, 15) is 4.79 Å². The van der Waals surface area contributed by atoms with Gasteiger partial charge in [-0.25, -0.2) is 4.68 Å². The highest BCUT2D eigenvalue weighted by Gasteiger charge is 2.07. The molecule has 1 heterocycles. The molecule has 1 aromatic carbocycles. The van der Waals surface area contributed by atoms with Gasteiger partial charge in [-0.15, -0.1) is 5.10 Å². The first kappa shape index (κ1) is 14.8. The Balaban J connectivity index is 2.12. The number of aromatic nitrogens is 3. The Bertz CT molecular complexity index is 669. The average molecular weight is 284 g/mol. The molecule has 0 radical (unpaired) electrons. The second-order valence-electron chi connectivity index (χ2n) is 4.47. The van der Waals surface area contributed by atoms with Crippen LogP contribution in [0.25, 0.3) is 0 Å². The number of aliphatic hydroxyl groups is 1. The number of amides is 1. The first-order valence-corrected chi connectivity index (χ1v) is 6.53. The first-order chi connectivity index (χ1) is 10.2. The van der Waals surface area contributed by atoms with Crippen molar-refractivity contribution in [1.29, 1.82) is 0 Å². The highest BCUT2D eigenvalue weighted by atomic mass is 16.2. The predicted molar refractivity (Wildman–Crippen MR) is 78.4 cm³/mol. The molecule has 0 saturated carbocycles. The van der Waals surface area contributed by atoms with E-state index >= 15 is 0 Å². The third-order valence-electron chi connectivity index (χ3n) is 2.69. The number of nitrogens with zero attached hydrogens (tertiary/aromatic N) is 3. The van der Waals surface area contributed by atoms with E-state index in [4.69, 9.17) is 5.11 Å². The van der Waals surface area contributed by atoms with Gasteiger partial charge in [-0.1, -0.05) is 23.1 Å². The fraction of sp³-hybridized carbons (Fsp3) is 0.267.